The molecule has 4 rings (SSSR count). The minimum absolute atomic E-state index is 0.306. The molecule has 2 aliphatic rings. The fourth-order valence-electron chi connectivity index (χ4n) is 3.66. The van der Waals surface area contributed by atoms with E-state index in [-0.39, 0.29) is 0 Å². The van der Waals surface area contributed by atoms with Crippen LogP contribution in [0.15, 0.2) is 41.8 Å². The molecule has 2 aromatic heterocycles. The summed E-state index contributed by atoms with van der Waals surface area (Å²) in [5.41, 5.74) is 1.13. The summed E-state index contributed by atoms with van der Waals surface area (Å²) < 4.78 is 5.94. The first-order valence-corrected chi connectivity index (χ1v) is 9.88. The van der Waals surface area contributed by atoms with Gasteiger partial charge in [-0.1, -0.05) is 17.8 Å². The monoisotopic (exact) mass is 357 g/mol. The number of thioether (sulfide) groups is 1. The molecule has 0 aromatic carbocycles. The van der Waals surface area contributed by atoms with E-state index >= 15 is 0 Å². The maximum absolute atomic E-state index is 5.94. The van der Waals surface area contributed by atoms with E-state index in [0.717, 1.165) is 56.1 Å². The molecule has 7 heteroatoms. The summed E-state index contributed by atoms with van der Waals surface area (Å²) in [6.45, 7) is 5.42. The molecule has 0 saturated carbocycles. The molecule has 2 saturated heterocycles. The third kappa shape index (κ3) is 3.94. The summed E-state index contributed by atoms with van der Waals surface area (Å²) in [5, 5.41) is 0.822. The molecule has 6 nitrogen and oxygen atoms in total. The standard InChI is InChI=1S/C18H23N5OS/c1-25-18-20-7-5-17(21-18)23-9-14-8-22(11-16(23)13-24-12-14)10-15-4-2-3-6-19-15/h2-7,14,16H,8-13H2,1H3/t14-,16-/m0/s1. The molecule has 2 atom stereocenters. The van der Waals surface area contributed by atoms with Crippen LogP contribution >= 0.6 is 11.8 Å². The van der Waals surface area contributed by atoms with Crippen molar-refractivity contribution in [1.29, 1.82) is 0 Å². The quantitative estimate of drug-likeness (QED) is 0.612. The van der Waals surface area contributed by atoms with Crippen LogP contribution in [-0.2, 0) is 11.3 Å². The second kappa shape index (κ2) is 7.68. The first-order chi connectivity index (χ1) is 12.3. The number of hydrogen-bond acceptors (Lipinski definition) is 7. The third-order valence-corrected chi connectivity index (χ3v) is 5.31. The minimum Gasteiger partial charge on any atom is -0.379 e. The molecule has 0 amide bonds. The average molecular weight is 357 g/mol. The maximum Gasteiger partial charge on any atom is 0.189 e. The van der Waals surface area contributed by atoms with Crippen LogP contribution < -0.4 is 4.90 Å². The summed E-state index contributed by atoms with van der Waals surface area (Å²) >= 11 is 1.58. The first-order valence-electron chi connectivity index (χ1n) is 8.65. The minimum atomic E-state index is 0.306. The van der Waals surface area contributed by atoms with Gasteiger partial charge in [-0.3, -0.25) is 9.88 Å². The number of aromatic nitrogens is 3. The van der Waals surface area contributed by atoms with E-state index in [1.165, 1.54) is 0 Å². The van der Waals surface area contributed by atoms with E-state index in [1.807, 2.05) is 30.8 Å². The second-order valence-corrected chi connectivity index (χ2v) is 7.40. The van der Waals surface area contributed by atoms with E-state index in [1.54, 1.807) is 11.8 Å². The molecule has 0 N–H and O–H groups in total. The maximum atomic E-state index is 5.94. The van der Waals surface area contributed by atoms with Gasteiger partial charge < -0.3 is 9.64 Å². The zero-order chi connectivity index (χ0) is 17.1. The van der Waals surface area contributed by atoms with Gasteiger partial charge in [-0.05, 0) is 24.5 Å². The molecule has 25 heavy (non-hydrogen) atoms. The van der Waals surface area contributed by atoms with Crippen LogP contribution in [0.1, 0.15) is 5.69 Å². The number of ether oxygens (including phenoxy) is 1. The lowest BCUT2D eigenvalue weighted by atomic mass is 10.1. The lowest BCUT2D eigenvalue weighted by Gasteiger charge is -2.31. The van der Waals surface area contributed by atoms with Crippen molar-refractivity contribution in [3.8, 4) is 0 Å². The summed E-state index contributed by atoms with van der Waals surface area (Å²) in [6, 6.07) is 8.45. The molecule has 2 fully saturated rings. The van der Waals surface area contributed by atoms with Crippen molar-refractivity contribution in [1.82, 2.24) is 19.9 Å². The molecule has 0 radical (unpaired) electrons. The second-order valence-electron chi connectivity index (χ2n) is 6.63. The topological polar surface area (TPSA) is 54.4 Å². The highest BCUT2D eigenvalue weighted by molar-refractivity contribution is 7.98. The van der Waals surface area contributed by atoms with Crippen LogP contribution in [0.3, 0.4) is 0 Å². The molecule has 0 unspecified atom stereocenters. The van der Waals surface area contributed by atoms with Gasteiger partial charge >= 0.3 is 0 Å². The summed E-state index contributed by atoms with van der Waals surface area (Å²) in [7, 11) is 0. The van der Waals surface area contributed by atoms with Crippen LogP contribution in [0, 0.1) is 5.92 Å². The summed E-state index contributed by atoms with van der Waals surface area (Å²) in [5.74, 6) is 1.49. The van der Waals surface area contributed by atoms with Crippen molar-refractivity contribution in [2.75, 3.05) is 44.0 Å². The molecule has 2 aliphatic heterocycles. The van der Waals surface area contributed by atoms with E-state index in [0.29, 0.717) is 12.0 Å². The number of rotatable bonds is 4. The van der Waals surface area contributed by atoms with Crippen molar-refractivity contribution in [2.45, 2.75) is 17.7 Å². The van der Waals surface area contributed by atoms with E-state index in [9.17, 15) is 0 Å². The van der Waals surface area contributed by atoms with Crippen LogP contribution in [-0.4, -0.2) is 65.0 Å². The highest BCUT2D eigenvalue weighted by Gasteiger charge is 2.34. The normalized spacial score (nSPS) is 24.1. The highest BCUT2D eigenvalue weighted by Crippen LogP contribution is 2.26. The van der Waals surface area contributed by atoms with Gasteiger partial charge in [0, 0.05) is 44.5 Å². The van der Waals surface area contributed by atoms with Crippen LogP contribution in [0.5, 0.6) is 0 Å². The van der Waals surface area contributed by atoms with Crippen LogP contribution in [0.2, 0.25) is 0 Å². The third-order valence-electron chi connectivity index (χ3n) is 4.75. The SMILES string of the molecule is CSc1nccc(N2C[C@H]3COC[C@@H]2CN(Cc2ccccn2)C3)n1. The van der Waals surface area contributed by atoms with Gasteiger partial charge in [0.15, 0.2) is 5.16 Å². The zero-order valence-electron chi connectivity index (χ0n) is 14.4. The van der Waals surface area contributed by atoms with Gasteiger partial charge in [0.2, 0.25) is 0 Å². The predicted molar refractivity (Wildman–Crippen MR) is 98.8 cm³/mol. The Morgan fingerprint density at radius 3 is 2.92 bits per heavy atom. The number of hydrogen-bond donors (Lipinski definition) is 0. The van der Waals surface area contributed by atoms with Gasteiger partial charge in [0.1, 0.15) is 5.82 Å². The Kier molecular flexibility index (Phi) is 5.14. The number of pyridine rings is 1. The molecular formula is C18H23N5OS. The van der Waals surface area contributed by atoms with Gasteiger partial charge in [-0.25, -0.2) is 9.97 Å². The summed E-state index contributed by atoms with van der Waals surface area (Å²) in [4.78, 5) is 18.4. The zero-order valence-corrected chi connectivity index (χ0v) is 15.2. The molecule has 0 spiro atoms. The van der Waals surface area contributed by atoms with Gasteiger partial charge in [0.25, 0.3) is 0 Å². The Morgan fingerprint density at radius 1 is 1.12 bits per heavy atom. The van der Waals surface area contributed by atoms with E-state index in [2.05, 4.69) is 31.9 Å². The van der Waals surface area contributed by atoms with Crippen LogP contribution in [0.25, 0.3) is 0 Å². The first kappa shape index (κ1) is 16.8. The smallest absolute Gasteiger partial charge is 0.189 e. The Morgan fingerprint density at radius 2 is 2.08 bits per heavy atom. The van der Waals surface area contributed by atoms with Crippen molar-refractivity contribution in [2.24, 2.45) is 5.92 Å². The van der Waals surface area contributed by atoms with E-state index < -0.39 is 0 Å². The Hall–Kier alpha value is -1.70. The molecule has 0 aliphatic carbocycles. The van der Waals surface area contributed by atoms with E-state index in [4.69, 9.17) is 9.72 Å². The summed E-state index contributed by atoms with van der Waals surface area (Å²) in [6.07, 6.45) is 5.74. The molecule has 2 bridgehead atoms. The Labute approximate surface area is 152 Å². The van der Waals surface area contributed by atoms with Crippen molar-refractivity contribution >= 4 is 17.6 Å². The fourth-order valence-corrected chi connectivity index (χ4v) is 4.01. The number of nitrogens with zero attached hydrogens (tertiary/aromatic N) is 5. The van der Waals surface area contributed by atoms with Crippen LogP contribution in [0.4, 0.5) is 5.82 Å². The predicted octanol–water partition coefficient (Wildman–Crippen LogP) is 1.93. The van der Waals surface area contributed by atoms with Gasteiger partial charge in [-0.15, -0.1) is 0 Å². The highest BCUT2D eigenvalue weighted by atomic mass is 32.2. The number of anilines is 1. The fraction of sp³-hybridized carbons (Fsp3) is 0.500. The Balaban J connectivity index is 1.55. The molecular weight excluding hydrogens is 334 g/mol. The van der Waals surface area contributed by atoms with Crippen molar-refractivity contribution in [3.05, 3.63) is 42.4 Å². The van der Waals surface area contributed by atoms with Gasteiger partial charge in [-0.2, -0.15) is 0 Å². The molecule has 4 heterocycles. The van der Waals surface area contributed by atoms with Crippen molar-refractivity contribution in [3.63, 3.8) is 0 Å². The lowest BCUT2D eigenvalue weighted by molar-refractivity contribution is 0.0623. The molecule has 2 aromatic rings. The Bertz CT molecular complexity index is 701. The van der Waals surface area contributed by atoms with Crippen molar-refractivity contribution < 1.29 is 4.74 Å². The average Bonchev–Trinajstić information content (AvgIpc) is 2.93. The number of fused-ring (bicyclic) bond motifs is 3. The van der Waals surface area contributed by atoms with Gasteiger partial charge in [0.05, 0.1) is 24.9 Å². The lowest BCUT2D eigenvalue weighted by Crippen LogP contribution is -2.44. The molecule has 132 valence electrons. The largest absolute Gasteiger partial charge is 0.379 e.